The van der Waals surface area contributed by atoms with Crippen LogP contribution < -0.4 is 0 Å². The van der Waals surface area contributed by atoms with E-state index in [1.54, 1.807) is 0 Å². The van der Waals surface area contributed by atoms with Gasteiger partial charge < -0.3 is 19.6 Å². The van der Waals surface area contributed by atoms with Crippen molar-refractivity contribution in [1.29, 1.82) is 0 Å². The third kappa shape index (κ3) is 2130. The van der Waals surface area contributed by atoms with Gasteiger partial charge in [0.05, 0.1) is 0 Å². The molecule has 0 N–H and O–H groups in total. The Morgan fingerprint density at radius 3 is 0.471 bits per heavy atom. The molecule has 0 bridgehead atoms. The van der Waals surface area contributed by atoms with Gasteiger partial charge in [0.2, 0.25) is 0 Å². The first-order valence-corrected chi connectivity index (χ1v) is 16.7. The zero-order valence-electron chi connectivity index (χ0n) is 13.1. The van der Waals surface area contributed by atoms with Crippen LogP contribution in [0.2, 0.25) is 58.9 Å². The van der Waals surface area contributed by atoms with E-state index in [2.05, 4.69) is 78.6 Å². The molecule has 0 saturated carbocycles. The summed E-state index contributed by atoms with van der Waals surface area (Å²) in [7, 11) is -2.58. The molecule has 0 spiro atoms. The van der Waals surface area contributed by atoms with Gasteiger partial charge in [0.15, 0.2) is 0 Å². The van der Waals surface area contributed by atoms with E-state index in [0.29, 0.717) is 0 Å². The van der Waals surface area contributed by atoms with Crippen molar-refractivity contribution in [2.75, 3.05) is 0 Å². The van der Waals surface area contributed by atoms with Crippen LogP contribution in [0.1, 0.15) is 7.43 Å². The molecule has 0 atom stereocenters. The quantitative estimate of drug-likeness (QED) is 0.321. The van der Waals surface area contributed by atoms with Crippen molar-refractivity contribution < 1.29 is 22.4 Å². The van der Waals surface area contributed by atoms with Crippen LogP contribution in [-0.2, 0) is 22.4 Å². The molecule has 0 heterocycles. The van der Waals surface area contributed by atoms with Crippen LogP contribution in [0.5, 0.6) is 0 Å². The maximum absolute atomic E-state index is 3.91. The van der Waals surface area contributed by atoms with Gasteiger partial charge >= 0.3 is 0 Å². The fourth-order valence-electron chi connectivity index (χ4n) is 0. The van der Waals surface area contributed by atoms with Crippen molar-refractivity contribution in [3.8, 4) is 0 Å². The third-order valence-corrected chi connectivity index (χ3v) is 0. The summed E-state index contributed by atoms with van der Waals surface area (Å²) in [5, 5.41) is 0. The largest absolute Gasteiger partial charge is 0.342 e. The molecule has 1 radical (unpaired) electrons. The van der Waals surface area contributed by atoms with Crippen molar-refractivity contribution in [2.45, 2.75) is 66.3 Å². The maximum atomic E-state index is 3.91. The topological polar surface area (TPSA) is 0 Å². The van der Waals surface area contributed by atoms with Crippen molar-refractivity contribution >= 4 is 24.2 Å². The zero-order chi connectivity index (χ0) is 13.5. The molecule has 0 unspecified atom stereocenters. The van der Waals surface area contributed by atoms with Gasteiger partial charge in [-0.3, -0.25) is 0 Å². The van der Waals surface area contributed by atoms with Crippen LogP contribution in [0.3, 0.4) is 0 Å². The summed E-state index contributed by atoms with van der Waals surface area (Å²) >= 11 is 0. The SMILES string of the molecule is C.[CH2-][Si](C)(C)C.[CH2-][Si](C)(C)C.[CH2-][Si](C)(C)C.[Ta]. The molecule has 0 fully saturated rings. The van der Waals surface area contributed by atoms with E-state index in [9.17, 15) is 0 Å². The van der Waals surface area contributed by atoms with Crippen molar-refractivity contribution in [3.63, 3.8) is 0 Å². The molecule has 0 aromatic carbocycles. The Kier molecular flexibility index (Phi) is 22.7. The molecule has 0 aliphatic carbocycles. The van der Waals surface area contributed by atoms with Crippen molar-refractivity contribution in [3.05, 3.63) is 19.6 Å². The molecular formula is C13H37Si3Ta-3. The summed E-state index contributed by atoms with van der Waals surface area (Å²) in [6, 6.07) is 0. The van der Waals surface area contributed by atoms with Crippen LogP contribution in [0, 0.1) is 19.6 Å². The van der Waals surface area contributed by atoms with E-state index in [0.717, 1.165) is 0 Å². The second-order valence-corrected chi connectivity index (χ2v) is 23.0. The molecule has 0 aliphatic rings. The van der Waals surface area contributed by atoms with Gasteiger partial charge in [-0.25, -0.2) is 0 Å². The average molecular weight is 459 g/mol. The molecule has 0 rings (SSSR count). The van der Waals surface area contributed by atoms with Gasteiger partial charge in [0.25, 0.3) is 0 Å². The van der Waals surface area contributed by atoms with Gasteiger partial charge in [-0.2, -0.15) is 0 Å². The predicted molar refractivity (Wildman–Crippen MR) is 92.8 cm³/mol. The summed E-state index contributed by atoms with van der Waals surface area (Å²) < 4.78 is 0. The van der Waals surface area contributed by atoms with E-state index in [1.165, 1.54) is 0 Å². The first kappa shape index (κ1) is 31.0. The minimum atomic E-state index is -0.861. The summed E-state index contributed by atoms with van der Waals surface area (Å²) in [5.74, 6) is 0. The number of hydrogen-bond acceptors (Lipinski definition) is 0. The smallest absolute Gasteiger partial charge is 0 e. The molecular weight excluding hydrogens is 421 g/mol. The Balaban J connectivity index is -0.0000000400. The van der Waals surface area contributed by atoms with Gasteiger partial charge in [0, 0.05) is 22.4 Å². The molecule has 0 aromatic rings. The van der Waals surface area contributed by atoms with Gasteiger partial charge in [-0.15, -0.1) is 24.2 Å². The van der Waals surface area contributed by atoms with E-state index < -0.39 is 24.2 Å². The van der Waals surface area contributed by atoms with Crippen molar-refractivity contribution in [2.24, 2.45) is 0 Å². The second-order valence-electron chi connectivity index (χ2n) is 7.68. The Morgan fingerprint density at radius 2 is 0.471 bits per heavy atom. The Hall–Kier alpha value is 1.39. The average Bonchev–Trinajstić information content (AvgIpc) is 1.41. The molecule has 0 aliphatic heterocycles. The van der Waals surface area contributed by atoms with Crippen molar-refractivity contribution in [1.82, 2.24) is 0 Å². The fraction of sp³-hybridized carbons (Fsp3) is 0.769. The molecule has 0 nitrogen and oxygen atoms in total. The van der Waals surface area contributed by atoms with E-state index >= 15 is 0 Å². The van der Waals surface area contributed by atoms with E-state index in [-0.39, 0.29) is 29.8 Å². The third-order valence-electron chi connectivity index (χ3n) is 0. The minimum Gasteiger partial charge on any atom is -0.342 e. The first-order valence-electron chi connectivity index (χ1n) is 5.56. The van der Waals surface area contributed by atoms with E-state index in [4.69, 9.17) is 0 Å². The van der Waals surface area contributed by atoms with Crippen LogP contribution in [0.4, 0.5) is 0 Å². The van der Waals surface area contributed by atoms with E-state index in [1.807, 2.05) is 0 Å². The number of hydrogen-bond donors (Lipinski definition) is 0. The Morgan fingerprint density at radius 1 is 0.471 bits per heavy atom. The molecule has 109 valence electrons. The monoisotopic (exact) mass is 458 g/mol. The maximum Gasteiger partial charge on any atom is 0 e. The molecule has 4 heteroatoms. The molecule has 0 aromatic heterocycles. The predicted octanol–water partition coefficient (Wildman–Crippen LogP) is 5.73. The molecule has 17 heavy (non-hydrogen) atoms. The molecule has 0 amide bonds. The minimum absolute atomic E-state index is 0. The summed E-state index contributed by atoms with van der Waals surface area (Å²) in [6.45, 7) is 31.7. The van der Waals surface area contributed by atoms with Crippen LogP contribution in [0.25, 0.3) is 0 Å². The number of rotatable bonds is 0. The normalized spacial score (nSPS) is 10.6. The van der Waals surface area contributed by atoms with Gasteiger partial charge in [-0.1, -0.05) is 66.3 Å². The molecule has 0 saturated heterocycles. The Labute approximate surface area is 132 Å². The van der Waals surface area contributed by atoms with Gasteiger partial charge in [-0.05, 0) is 0 Å². The van der Waals surface area contributed by atoms with Crippen LogP contribution in [-0.4, -0.2) is 24.2 Å². The van der Waals surface area contributed by atoms with Gasteiger partial charge in [0.1, 0.15) is 0 Å². The summed E-state index contributed by atoms with van der Waals surface area (Å²) in [6.07, 6.45) is 0. The Bertz CT molecular complexity index is 91.7. The second kappa shape index (κ2) is 12.4. The zero-order valence-corrected chi connectivity index (χ0v) is 19.3. The summed E-state index contributed by atoms with van der Waals surface area (Å²) in [4.78, 5) is 0. The first-order chi connectivity index (χ1) is 6.00. The van der Waals surface area contributed by atoms with Crippen LogP contribution in [0.15, 0.2) is 0 Å². The standard InChI is InChI=1S/3C4H11Si.CH4.Ta/c3*1-5(2,3)4;;/h3*1H2,2-4H3;1H4;/q3*-1;;. The summed E-state index contributed by atoms with van der Waals surface area (Å²) in [5.41, 5.74) is 0. The van der Waals surface area contributed by atoms with Crippen LogP contribution >= 0.6 is 0 Å². The fourth-order valence-corrected chi connectivity index (χ4v) is 0.